The normalized spacial score (nSPS) is 21.1. The van der Waals surface area contributed by atoms with E-state index in [9.17, 15) is 4.79 Å². The lowest BCUT2D eigenvalue weighted by atomic mass is 10.2. The Labute approximate surface area is 92.5 Å². The molecule has 1 atom stereocenters. The van der Waals surface area contributed by atoms with Crippen LogP contribution < -0.4 is 4.90 Å². The summed E-state index contributed by atoms with van der Waals surface area (Å²) in [6.07, 6.45) is 3.52. The van der Waals surface area contributed by atoms with Crippen molar-refractivity contribution in [3.8, 4) is 0 Å². The van der Waals surface area contributed by atoms with E-state index in [4.69, 9.17) is 16.7 Å². The predicted molar refractivity (Wildman–Crippen MR) is 56.8 cm³/mol. The van der Waals surface area contributed by atoms with Gasteiger partial charge in [-0.15, -0.1) is 11.6 Å². The fraction of sp³-hybridized carbons (Fsp3) is 0.400. The van der Waals surface area contributed by atoms with E-state index in [1.165, 1.54) is 0 Å². The molecule has 0 radical (unpaired) electrons. The number of halogens is 1. The third kappa shape index (κ3) is 1.96. The van der Waals surface area contributed by atoms with Gasteiger partial charge in [0.1, 0.15) is 0 Å². The van der Waals surface area contributed by atoms with Gasteiger partial charge >= 0.3 is 0 Å². The quantitative estimate of drug-likeness (QED) is 0.763. The summed E-state index contributed by atoms with van der Waals surface area (Å²) in [5.41, 5.74) is 1.36. The molecule has 1 saturated heterocycles. The standard InChI is InChI=1S/C10H11ClN2O2/c11-8-3-10(15)13(5-8)9-4-12-2-1-7(9)6-14/h1-2,4,8,14H,3,5-6H2. The van der Waals surface area contributed by atoms with Crippen LogP contribution in [0.15, 0.2) is 18.5 Å². The van der Waals surface area contributed by atoms with Crippen LogP contribution in [-0.2, 0) is 11.4 Å². The summed E-state index contributed by atoms with van der Waals surface area (Å²) in [5.74, 6) is -0.0160. The predicted octanol–water partition coefficient (Wildman–Crippen LogP) is 0.918. The molecule has 1 aliphatic heterocycles. The zero-order valence-corrected chi connectivity index (χ0v) is 8.81. The van der Waals surface area contributed by atoms with Crippen LogP contribution in [0.25, 0.3) is 0 Å². The average Bonchev–Trinajstić information content (AvgIpc) is 2.57. The highest BCUT2D eigenvalue weighted by atomic mass is 35.5. The minimum absolute atomic E-state index is 0.0160. The van der Waals surface area contributed by atoms with Gasteiger partial charge in [-0.1, -0.05) is 0 Å². The van der Waals surface area contributed by atoms with Gasteiger partial charge in [-0.3, -0.25) is 9.78 Å². The van der Waals surface area contributed by atoms with E-state index in [1.807, 2.05) is 0 Å². The van der Waals surface area contributed by atoms with Gasteiger partial charge in [0, 0.05) is 24.7 Å². The summed E-state index contributed by atoms with van der Waals surface area (Å²) >= 11 is 5.90. The van der Waals surface area contributed by atoms with E-state index in [0.29, 0.717) is 24.2 Å². The van der Waals surface area contributed by atoms with Crippen molar-refractivity contribution in [2.45, 2.75) is 18.4 Å². The van der Waals surface area contributed by atoms with Crippen molar-refractivity contribution in [2.75, 3.05) is 11.4 Å². The van der Waals surface area contributed by atoms with Gasteiger partial charge in [0.2, 0.25) is 5.91 Å². The third-order valence-corrected chi connectivity index (χ3v) is 2.72. The molecule has 0 spiro atoms. The number of aliphatic hydroxyl groups excluding tert-OH is 1. The molecule has 1 fully saturated rings. The smallest absolute Gasteiger partial charge is 0.228 e. The molecule has 1 aromatic heterocycles. The van der Waals surface area contributed by atoms with Gasteiger partial charge in [-0.05, 0) is 6.07 Å². The fourth-order valence-electron chi connectivity index (χ4n) is 1.69. The van der Waals surface area contributed by atoms with E-state index in [0.717, 1.165) is 0 Å². The number of hydrogen-bond donors (Lipinski definition) is 1. The topological polar surface area (TPSA) is 53.4 Å². The molecule has 5 heteroatoms. The first-order chi connectivity index (χ1) is 7.22. The van der Waals surface area contributed by atoms with Crippen LogP contribution in [0, 0.1) is 0 Å². The van der Waals surface area contributed by atoms with Crippen molar-refractivity contribution in [2.24, 2.45) is 0 Å². The molecule has 1 amide bonds. The molecular formula is C10H11ClN2O2. The van der Waals surface area contributed by atoms with Crippen LogP contribution in [0.1, 0.15) is 12.0 Å². The van der Waals surface area contributed by atoms with Gasteiger partial charge in [-0.25, -0.2) is 0 Å². The number of carbonyl (C=O) groups excluding carboxylic acids is 1. The number of hydrogen-bond acceptors (Lipinski definition) is 3. The molecule has 0 saturated carbocycles. The molecule has 15 heavy (non-hydrogen) atoms. The summed E-state index contributed by atoms with van der Waals surface area (Å²) in [7, 11) is 0. The summed E-state index contributed by atoms with van der Waals surface area (Å²) in [4.78, 5) is 17.1. The maximum Gasteiger partial charge on any atom is 0.228 e. The van der Waals surface area contributed by atoms with Gasteiger partial charge in [-0.2, -0.15) is 0 Å². The number of aliphatic hydroxyl groups is 1. The minimum Gasteiger partial charge on any atom is -0.392 e. The molecule has 0 aliphatic carbocycles. The molecule has 2 rings (SSSR count). The van der Waals surface area contributed by atoms with Crippen LogP contribution in [0.2, 0.25) is 0 Å². The number of carbonyl (C=O) groups is 1. The first kappa shape index (κ1) is 10.4. The number of alkyl halides is 1. The fourth-order valence-corrected chi connectivity index (χ4v) is 1.96. The molecule has 4 nitrogen and oxygen atoms in total. The third-order valence-electron chi connectivity index (χ3n) is 2.43. The Morgan fingerprint density at radius 2 is 2.47 bits per heavy atom. The largest absolute Gasteiger partial charge is 0.392 e. The van der Waals surface area contributed by atoms with Gasteiger partial charge in [0.05, 0.1) is 23.9 Å². The van der Waals surface area contributed by atoms with Crippen molar-refractivity contribution in [1.29, 1.82) is 0 Å². The lowest BCUT2D eigenvalue weighted by Gasteiger charge is -2.18. The van der Waals surface area contributed by atoms with Crippen molar-refractivity contribution in [3.05, 3.63) is 24.0 Å². The Balaban J connectivity index is 2.33. The number of aromatic nitrogens is 1. The second-order valence-corrected chi connectivity index (χ2v) is 4.09. The Morgan fingerprint density at radius 1 is 1.67 bits per heavy atom. The Hall–Kier alpha value is -1.13. The molecule has 0 aromatic carbocycles. The Kier molecular flexibility index (Phi) is 2.88. The number of pyridine rings is 1. The Morgan fingerprint density at radius 3 is 3.07 bits per heavy atom. The second kappa shape index (κ2) is 4.16. The van der Waals surface area contributed by atoms with Gasteiger partial charge in [0.15, 0.2) is 0 Å². The van der Waals surface area contributed by atoms with Gasteiger partial charge in [0.25, 0.3) is 0 Å². The summed E-state index contributed by atoms with van der Waals surface area (Å²) in [6.45, 7) is 0.383. The number of amides is 1. The highest BCUT2D eigenvalue weighted by Crippen LogP contribution is 2.26. The summed E-state index contributed by atoms with van der Waals surface area (Å²) in [5, 5.41) is 8.98. The molecule has 1 aliphatic rings. The van der Waals surface area contributed by atoms with Crippen LogP contribution in [0.3, 0.4) is 0 Å². The van der Waals surface area contributed by atoms with E-state index in [2.05, 4.69) is 4.98 Å². The molecule has 80 valence electrons. The molecule has 1 N–H and O–H groups in total. The van der Waals surface area contributed by atoms with Crippen molar-refractivity contribution >= 4 is 23.2 Å². The highest BCUT2D eigenvalue weighted by Gasteiger charge is 2.30. The van der Waals surface area contributed by atoms with E-state index >= 15 is 0 Å². The van der Waals surface area contributed by atoms with E-state index < -0.39 is 0 Å². The number of nitrogens with zero attached hydrogens (tertiary/aromatic N) is 2. The van der Waals surface area contributed by atoms with Crippen molar-refractivity contribution < 1.29 is 9.90 Å². The first-order valence-electron chi connectivity index (χ1n) is 4.70. The van der Waals surface area contributed by atoms with E-state index in [-0.39, 0.29) is 17.9 Å². The maximum atomic E-state index is 11.6. The van der Waals surface area contributed by atoms with Crippen molar-refractivity contribution in [1.82, 2.24) is 4.98 Å². The number of anilines is 1. The van der Waals surface area contributed by atoms with E-state index in [1.54, 1.807) is 23.4 Å². The van der Waals surface area contributed by atoms with Crippen LogP contribution >= 0.6 is 11.6 Å². The Bertz CT molecular complexity index is 383. The molecular weight excluding hydrogens is 216 g/mol. The van der Waals surface area contributed by atoms with Crippen molar-refractivity contribution in [3.63, 3.8) is 0 Å². The molecule has 1 unspecified atom stereocenters. The first-order valence-corrected chi connectivity index (χ1v) is 5.14. The molecule has 0 bridgehead atoms. The zero-order valence-electron chi connectivity index (χ0n) is 8.06. The summed E-state index contributed by atoms with van der Waals surface area (Å²) in [6, 6.07) is 1.70. The van der Waals surface area contributed by atoms with Gasteiger partial charge < -0.3 is 10.0 Å². The highest BCUT2D eigenvalue weighted by molar-refractivity contribution is 6.24. The molecule has 1 aromatic rings. The lowest BCUT2D eigenvalue weighted by molar-refractivity contribution is -0.117. The number of rotatable bonds is 2. The summed E-state index contributed by atoms with van der Waals surface area (Å²) < 4.78 is 0. The van der Waals surface area contributed by atoms with Crippen LogP contribution in [0.4, 0.5) is 5.69 Å². The SMILES string of the molecule is O=C1CC(Cl)CN1c1cnccc1CO. The lowest BCUT2D eigenvalue weighted by Crippen LogP contribution is -2.25. The minimum atomic E-state index is -0.149. The maximum absolute atomic E-state index is 11.6. The van der Waals surface area contributed by atoms with Crippen LogP contribution in [0.5, 0.6) is 0 Å². The second-order valence-electron chi connectivity index (χ2n) is 3.47. The van der Waals surface area contributed by atoms with Crippen LogP contribution in [-0.4, -0.2) is 27.9 Å². The molecule has 2 heterocycles. The monoisotopic (exact) mass is 226 g/mol. The zero-order chi connectivity index (χ0) is 10.8. The average molecular weight is 227 g/mol.